The summed E-state index contributed by atoms with van der Waals surface area (Å²) in [6, 6.07) is 4.93. The number of fused-ring (bicyclic) bond motifs is 1. The van der Waals surface area contributed by atoms with E-state index in [4.69, 9.17) is 4.74 Å². The summed E-state index contributed by atoms with van der Waals surface area (Å²) < 4.78 is 34.3. The summed E-state index contributed by atoms with van der Waals surface area (Å²) in [6.45, 7) is 5.19. The molecule has 2 amide bonds. The van der Waals surface area contributed by atoms with E-state index < -0.39 is 21.7 Å². The lowest BCUT2D eigenvalue weighted by molar-refractivity contribution is -0.129. The van der Waals surface area contributed by atoms with Crippen LogP contribution in [0.2, 0.25) is 0 Å². The second kappa shape index (κ2) is 9.73. The normalized spacial score (nSPS) is 11.9. The standard InChI is InChI=1S/C21H27N7O5S/c1-21(2,3)26-34(31,32)16-10-15(11-22-12-16)14-6-7-17-23-19(25-28(17)13-14)24-20(30)33-9-8-18(29)27(4)5/h6-7,10-13,26H,8-9H2,1-5H3,(H,24,25,30). The summed E-state index contributed by atoms with van der Waals surface area (Å²) in [5.74, 6) is -0.142. The van der Waals surface area contributed by atoms with Crippen LogP contribution in [0.25, 0.3) is 16.8 Å². The largest absolute Gasteiger partial charge is 0.449 e. The SMILES string of the molecule is CN(C)C(=O)CCOC(=O)Nc1nc2ccc(-c3cncc(S(=O)(=O)NC(C)(C)C)c3)cn2n1. The van der Waals surface area contributed by atoms with Crippen LogP contribution in [-0.2, 0) is 19.6 Å². The van der Waals surface area contributed by atoms with E-state index in [0.29, 0.717) is 16.8 Å². The van der Waals surface area contributed by atoms with Gasteiger partial charge in [0.1, 0.15) is 11.5 Å². The summed E-state index contributed by atoms with van der Waals surface area (Å²) in [6.07, 6.45) is 3.75. The number of hydrogen-bond donors (Lipinski definition) is 2. The van der Waals surface area contributed by atoms with Gasteiger partial charge in [0.2, 0.25) is 15.9 Å². The lowest BCUT2D eigenvalue weighted by Crippen LogP contribution is -2.40. The van der Waals surface area contributed by atoms with Crippen LogP contribution in [0.1, 0.15) is 27.2 Å². The molecule has 3 rings (SSSR count). The maximum absolute atomic E-state index is 12.6. The van der Waals surface area contributed by atoms with Crippen molar-refractivity contribution in [2.24, 2.45) is 0 Å². The first-order chi connectivity index (χ1) is 15.8. The van der Waals surface area contributed by atoms with Crippen molar-refractivity contribution in [1.82, 2.24) is 29.2 Å². The third kappa shape index (κ3) is 6.48. The first kappa shape index (κ1) is 25.1. The molecule has 3 aromatic heterocycles. The van der Waals surface area contributed by atoms with Gasteiger partial charge in [0.05, 0.1) is 6.42 Å². The highest BCUT2D eigenvalue weighted by molar-refractivity contribution is 7.89. The molecule has 13 heteroatoms. The van der Waals surface area contributed by atoms with Gasteiger partial charge in [0.15, 0.2) is 5.65 Å². The van der Waals surface area contributed by atoms with Crippen LogP contribution in [0.5, 0.6) is 0 Å². The Labute approximate surface area is 197 Å². The minimum absolute atomic E-state index is 0.0184. The van der Waals surface area contributed by atoms with Crippen molar-refractivity contribution < 1.29 is 22.7 Å². The molecule has 34 heavy (non-hydrogen) atoms. The smallest absolute Gasteiger partial charge is 0.414 e. The summed E-state index contributed by atoms with van der Waals surface area (Å²) in [7, 11) is -0.518. The second-order valence-electron chi connectivity index (χ2n) is 8.72. The molecule has 12 nitrogen and oxygen atoms in total. The van der Waals surface area contributed by atoms with E-state index in [9.17, 15) is 18.0 Å². The molecule has 0 unspecified atom stereocenters. The van der Waals surface area contributed by atoms with Crippen molar-refractivity contribution in [3.05, 3.63) is 36.8 Å². The highest BCUT2D eigenvalue weighted by atomic mass is 32.2. The molecule has 0 aliphatic heterocycles. The van der Waals surface area contributed by atoms with E-state index in [1.165, 1.54) is 21.7 Å². The van der Waals surface area contributed by atoms with Gasteiger partial charge in [-0.3, -0.25) is 15.1 Å². The third-order valence-corrected chi connectivity index (χ3v) is 6.12. The lowest BCUT2D eigenvalue weighted by Gasteiger charge is -2.20. The molecule has 2 N–H and O–H groups in total. The van der Waals surface area contributed by atoms with E-state index in [1.54, 1.807) is 59.4 Å². The number of hydrogen-bond acceptors (Lipinski definition) is 8. The van der Waals surface area contributed by atoms with Crippen LogP contribution in [0.4, 0.5) is 10.7 Å². The predicted molar refractivity (Wildman–Crippen MR) is 125 cm³/mol. The molecule has 0 saturated heterocycles. The number of sulfonamides is 1. The lowest BCUT2D eigenvalue weighted by atomic mass is 10.1. The van der Waals surface area contributed by atoms with E-state index in [1.807, 2.05) is 0 Å². The molecule has 0 atom stereocenters. The van der Waals surface area contributed by atoms with E-state index in [-0.39, 0.29) is 29.8 Å². The molecule has 0 aromatic carbocycles. The Bertz CT molecular complexity index is 1310. The second-order valence-corrected chi connectivity index (χ2v) is 10.4. The number of aromatic nitrogens is 4. The Hall–Kier alpha value is -3.58. The monoisotopic (exact) mass is 489 g/mol. The number of nitrogens with zero attached hydrogens (tertiary/aromatic N) is 5. The van der Waals surface area contributed by atoms with Crippen molar-refractivity contribution in [3.8, 4) is 11.1 Å². The molecule has 0 aliphatic carbocycles. The number of carbonyl (C=O) groups excluding carboxylic acids is 2. The van der Waals surface area contributed by atoms with Crippen LogP contribution >= 0.6 is 0 Å². The molecule has 0 radical (unpaired) electrons. The fourth-order valence-corrected chi connectivity index (χ4v) is 4.28. The van der Waals surface area contributed by atoms with E-state index in [2.05, 4.69) is 25.1 Å². The van der Waals surface area contributed by atoms with Gasteiger partial charge in [0, 0.05) is 49.4 Å². The van der Waals surface area contributed by atoms with Crippen LogP contribution < -0.4 is 10.0 Å². The molecule has 0 saturated carbocycles. The van der Waals surface area contributed by atoms with Crippen LogP contribution in [-0.4, -0.2) is 71.1 Å². The van der Waals surface area contributed by atoms with E-state index >= 15 is 0 Å². The molecule has 0 aliphatic rings. The Balaban J connectivity index is 1.74. The highest BCUT2D eigenvalue weighted by Crippen LogP contribution is 2.23. The number of carbonyl (C=O) groups is 2. The summed E-state index contributed by atoms with van der Waals surface area (Å²) >= 11 is 0. The van der Waals surface area contributed by atoms with Gasteiger partial charge >= 0.3 is 6.09 Å². The minimum Gasteiger partial charge on any atom is -0.449 e. The van der Waals surface area contributed by atoms with Gasteiger partial charge in [-0.25, -0.2) is 22.4 Å². The molecule has 0 spiro atoms. The number of nitrogens with one attached hydrogen (secondary N) is 2. The minimum atomic E-state index is -3.75. The maximum atomic E-state index is 12.6. The summed E-state index contributed by atoms with van der Waals surface area (Å²) in [4.78, 5) is 33.2. The average molecular weight is 490 g/mol. The fourth-order valence-electron chi connectivity index (χ4n) is 2.87. The molecule has 0 bridgehead atoms. The third-order valence-electron chi connectivity index (χ3n) is 4.39. The summed E-state index contributed by atoms with van der Waals surface area (Å²) in [5.41, 5.74) is 1.02. The number of anilines is 1. The Morgan fingerprint density at radius 3 is 2.56 bits per heavy atom. The fraction of sp³-hybridized carbons (Fsp3) is 0.381. The van der Waals surface area contributed by atoms with Gasteiger partial charge in [-0.15, -0.1) is 5.10 Å². The zero-order valence-corrected chi connectivity index (χ0v) is 20.4. The molecule has 182 valence electrons. The molecule has 0 fully saturated rings. The number of amides is 2. The summed E-state index contributed by atoms with van der Waals surface area (Å²) in [5, 5.41) is 6.61. The Morgan fingerprint density at radius 2 is 1.88 bits per heavy atom. The van der Waals surface area contributed by atoms with Gasteiger partial charge in [0.25, 0.3) is 5.95 Å². The first-order valence-corrected chi connectivity index (χ1v) is 11.8. The van der Waals surface area contributed by atoms with Crippen molar-refractivity contribution >= 4 is 33.6 Å². The molecule has 3 heterocycles. The number of ether oxygens (including phenoxy) is 1. The number of pyridine rings is 2. The molecular weight excluding hydrogens is 462 g/mol. The molecule has 3 aromatic rings. The molecular formula is C21H27N7O5S. The topological polar surface area (TPSA) is 148 Å². The van der Waals surface area contributed by atoms with E-state index in [0.717, 1.165) is 0 Å². The zero-order chi connectivity index (χ0) is 25.1. The number of rotatable bonds is 7. The predicted octanol–water partition coefficient (Wildman–Crippen LogP) is 1.89. The first-order valence-electron chi connectivity index (χ1n) is 10.3. The van der Waals surface area contributed by atoms with Gasteiger partial charge in [-0.1, -0.05) is 0 Å². The van der Waals surface area contributed by atoms with Gasteiger partial charge < -0.3 is 9.64 Å². The quantitative estimate of drug-likeness (QED) is 0.511. The van der Waals surface area contributed by atoms with Gasteiger partial charge in [-0.05, 0) is 39.0 Å². The highest BCUT2D eigenvalue weighted by Gasteiger charge is 2.22. The van der Waals surface area contributed by atoms with Crippen molar-refractivity contribution in [2.75, 3.05) is 26.0 Å². The van der Waals surface area contributed by atoms with Crippen molar-refractivity contribution in [2.45, 2.75) is 37.6 Å². The van der Waals surface area contributed by atoms with Crippen LogP contribution in [0.3, 0.4) is 0 Å². The van der Waals surface area contributed by atoms with Crippen LogP contribution in [0.15, 0.2) is 41.7 Å². The Morgan fingerprint density at radius 1 is 1.15 bits per heavy atom. The van der Waals surface area contributed by atoms with Crippen molar-refractivity contribution in [3.63, 3.8) is 0 Å². The van der Waals surface area contributed by atoms with Gasteiger partial charge in [-0.2, -0.15) is 4.98 Å². The zero-order valence-electron chi connectivity index (χ0n) is 19.6. The average Bonchev–Trinajstić information content (AvgIpc) is 3.13. The Kier molecular flexibility index (Phi) is 7.17. The maximum Gasteiger partial charge on any atom is 0.414 e. The van der Waals surface area contributed by atoms with Crippen LogP contribution in [0, 0.1) is 0 Å². The van der Waals surface area contributed by atoms with Crippen molar-refractivity contribution in [1.29, 1.82) is 0 Å².